The molecule has 1 saturated carbocycles. The zero-order chi connectivity index (χ0) is 17.9. The van der Waals surface area contributed by atoms with Crippen molar-refractivity contribution >= 4 is 17.6 Å². The molecule has 0 aromatic heterocycles. The van der Waals surface area contributed by atoms with E-state index >= 15 is 0 Å². The fourth-order valence-electron chi connectivity index (χ4n) is 4.00. The van der Waals surface area contributed by atoms with Crippen LogP contribution in [-0.4, -0.2) is 38.7 Å². The van der Waals surface area contributed by atoms with Crippen molar-refractivity contribution in [2.45, 2.75) is 32.6 Å². The molecule has 6 heteroatoms. The molecule has 6 nitrogen and oxygen atoms in total. The van der Waals surface area contributed by atoms with Gasteiger partial charge in [0.05, 0.1) is 12.5 Å². The van der Waals surface area contributed by atoms with Crippen LogP contribution in [-0.2, 0) is 14.3 Å². The first-order valence-corrected chi connectivity index (χ1v) is 8.87. The smallest absolute Gasteiger partial charge is 0.343 e. The van der Waals surface area contributed by atoms with Crippen LogP contribution >= 0.6 is 0 Å². The summed E-state index contributed by atoms with van der Waals surface area (Å²) < 4.78 is 9.94. The molecular weight excluding hydrogens is 320 g/mol. The largest absolute Gasteiger partial charge is 0.482 e. The fourth-order valence-corrected chi connectivity index (χ4v) is 4.00. The van der Waals surface area contributed by atoms with E-state index in [1.807, 2.05) is 19.1 Å². The van der Waals surface area contributed by atoms with E-state index < -0.39 is 5.97 Å². The van der Waals surface area contributed by atoms with Crippen molar-refractivity contribution in [2.24, 2.45) is 11.3 Å². The molecule has 1 aliphatic heterocycles. The number of carbonyl (C=O) groups is 2. The lowest BCUT2D eigenvalue weighted by Gasteiger charge is -2.37. The molecular formula is C19H26N2O4. The molecule has 0 radical (unpaired) electrons. The minimum atomic E-state index is -0.425. The maximum Gasteiger partial charge on any atom is 0.343 e. The van der Waals surface area contributed by atoms with Crippen LogP contribution < -0.4 is 15.4 Å². The van der Waals surface area contributed by atoms with E-state index in [1.165, 1.54) is 13.5 Å². The number of hydrogen-bond acceptors (Lipinski definition) is 5. The summed E-state index contributed by atoms with van der Waals surface area (Å²) in [5, 5.41) is 6.52. The molecule has 2 fully saturated rings. The molecule has 1 aliphatic carbocycles. The number of methoxy groups -OCH3 is 1. The number of amides is 1. The summed E-state index contributed by atoms with van der Waals surface area (Å²) in [6.07, 6.45) is 4.41. The molecule has 25 heavy (non-hydrogen) atoms. The van der Waals surface area contributed by atoms with Crippen LogP contribution in [0, 0.1) is 18.3 Å². The maximum absolute atomic E-state index is 13.0. The number of carbonyl (C=O) groups excluding carboxylic acids is 2. The quantitative estimate of drug-likeness (QED) is 0.800. The third-order valence-electron chi connectivity index (χ3n) is 5.52. The number of aryl methyl sites for hydroxylation is 1. The van der Waals surface area contributed by atoms with E-state index in [4.69, 9.17) is 4.74 Å². The van der Waals surface area contributed by atoms with Gasteiger partial charge >= 0.3 is 5.97 Å². The third kappa shape index (κ3) is 3.63. The van der Waals surface area contributed by atoms with Gasteiger partial charge in [-0.05, 0) is 56.0 Å². The first-order chi connectivity index (χ1) is 12.0. The predicted molar refractivity (Wildman–Crippen MR) is 94.6 cm³/mol. The van der Waals surface area contributed by atoms with Crippen LogP contribution in [0.25, 0.3) is 0 Å². The molecule has 1 amide bonds. The molecule has 0 unspecified atom stereocenters. The molecule has 0 bridgehead atoms. The first-order valence-electron chi connectivity index (χ1n) is 8.87. The van der Waals surface area contributed by atoms with Crippen molar-refractivity contribution in [2.75, 3.05) is 32.1 Å². The number of nitrogens with one attached hydrogen (secondary N) is 2. The standard InChI is InChI=1S/C19H26N2O4/c1-13-9-15(25-11-17(22)24-2)6-7-16(13)21-18(23)19-8-4-3-5-14(19)10-20-12-19/h6-7,9,14,20H,3-5,8,10-12H2,1-2H3,(H,21,23)/t14-,19+/m0/s1. The first kappa shape index (κ1) is 17.7. The molecule has 0 spiro atoms. The zero-order valence-electron chi connectivity index (χ0n) is 14.9. The van der Waals surface area contributed by atoms with Crippen LogP contribution in [0.1, 0.15) is 31.2 Å². The fraction of sp³-hybridized carbons (Fsp3) is 0.579. The summed E-state index contributed by atoms with van der Waals surface area (Å²) in [5.41, 5.74) is 1.43. The van der Waals surface area contributed by atoms with Crippen molar-refractivity contribution in [1.82, 2.24) is 5.32 Å². The van der Waals surface area contributed by atoms with Crippen LogP contribution in [0.3, 0.4) is 0 Å². The minimum absolute atomic E-state index is 0.119. The molecule has 136 valence electrons. The Hall–Kier alpha value is -2.08. The van der Waals surface area contributed by atoms with Gasteiger partial charge in [0.25, 0.3) is 0 Å². The molecule has 3 rings (SSSR count). The second-order valence-corrected chi connectivity index (χ2v) is 7.03. The van der Waals surface area contributed by atoms with Crippen molar-refractivity contribution in [3.05, 3.63) is 23.8 Å². The van der Waals surface area contributed by atoms with Crippen molar-refractivity contribution in [3.8, 4) is 5.75 Å². The van der Waals surface area contributed by atoms with E-state index in [2.05, 4.69) is 15.4 Å². The molecule has 1 saturated heterocycles. The van der Waals surface area contributed by atoms with Crippen LogP contribution in [0.2, 0.25) is 0 Å². The summed E-state index contributed by atoms with van der Waals surface area (Å²) in [4.78, 5) is 24.2. The Labute approximate surface area is 148 Å². The summed E-state index contributed by atoms with van der Waals surface area (Å²) in [7, 11) is 1.32. The number of anilines is 1. The second kappa shape index (κ2) is 7.44. The van der Waals surface area contributed by atoms with E-state index in [1.54, 1.807) is 6.07 Å². The van der Waals surface area contributed by atoms with Crippen LogP contribution in [0.4, 0.5) is 5.69 Å². The van der Waals surface area contributed by atoms with Gasteiger partial charge in [-0.2, -0.15) is 0 Å². The Morgan fingerprint density at radius 3 is 2.96 bits per heavy atom. The average molecular weight is 346 g/mol. The highest BCUT2D eigenvalue weighted by Gasteiger charge is 2.49. The predicted octanol–water partition coefficient (Wildman–Crippen LogP) is 2.27. The maximum atomic E-state index is 13.0. The topological polar surface area (TPSA) is 76.7 Å². The second-order valence-electron chi connectivity index (χ2n) is 7.03. The number of esters is 1. The lowest BCUT2D eigenvalue weighted by molar-refractivity contribution is -0.142. The molecule has 2 N–H and O–H groups in total. The Morgan fingerprint density at radius 2 is 2.20 bits per heavy atom. The molecule has 2 atom stereocenters. The van der Waals surface area contributed by atoms with Crippen molar-refractivity contribution in [3.63, 3.8) is 0 Å². The van der Waals surface area contributed by atoms with E-state index in [0.717, 1.165) is 43.6 Å². The molecule has 1 aromatic carbocycles. The normalized spacial score (nSPS) is 25.1. The Kier molecular flexibility index (Phi) is 5.27. The van der Waals surface area contributed by atoms with Gasteiger partial charge in [0, 0.05) is 12.2 Å². The monoisotopic (exact) mass is 346 g/mol. The van der Waals surface area contributed by atoms with Gasteiger partial charge in [0.15, 0.2) is 6.61 Å². The number of rotatable bonds is 5. The Balaban J connectivity index is 1.68. The molecule has 1 aromatic rings. The summed E-state index contributed by atoms with van der Waals surface area (Å²) >= 11 is 0. The summed E-state index contributed by atoms with van der Waals surface area (Å²) in [5.74, 6) is 0.709. The van der Waals surface area contributed by atoms with Gasteiger partial charge < -0.3 is 20.1 Å². The molecule has 1 heterocycles. The van der Waals surface area contributed by atoms with Gasteiger partial charge in [-0.1, -0.05) is 12.8 Å². The Morgan fingerprint density at radius 1 is 1.36 bits per heavy atom. The van der Waals surface area contributed by atoms with Gasteiger partial charge in [-0.25, -0.2) is 4.79 Å². The van der Waals surface area contributed by atoms with E-state index in [0.29, 0.717) is 11.7 Å². The number of hydrogen-bond donors (Lipinski definition) is 2. The zero-order valence-corrected chi connectivity index (χ0v) is 14.9. The van der Waals surface area contributed by atoms with Crippen LogP contribution in [0.5, 0.6) is 5.75 Å². The van der Waals surface area contributed by atoms with Gasteiger partial charge in [-0.15, -0.1) is 0 Å². The minimum Gasteiger partial charge on any atom is -0.482 e. The lowest BCUT2D eigenvalue weighted by atomic mass is 9.67. The highest BCUT2D eigenvalue weighted by atomic mass is 16.6. The molecule has 2 aliphatic rings. The van der Waals surface area contributed by atoms with Crippen LogP contribution in [0.15, 0.2) is 18.2 Å². The average Bonchev–Trinajstić information content (AvgIpc) is 3.07. The number of benzene rings is 1. The number of ether oxygens (including phenoxy) is 2. The highest BCUT2D eigenvalue weighted by molar-refractivity contribution is 5.96. The van der Waals surface area contributed by atoms with Gasteiger partial charge in [0.2, 0.25) is 5.91 Å². The van der Waals surface area contributed by atoms with Crippen molar-refractivity contribution in [1.29, 1.82) is 0 Å². The van der Waals surface area contributed by atoms with Gasteiger partial charge in [-0.3, -0.25) is 4.79 Å². The summed E-state index contributed by atoms with van der Waals surface area (Å²) in [6, 6.07) is 5.41. The third-order valence-corrected chi connectivity index (χ3v) is 5.52. The lowest BCUT2D eigenvalue weighted by Crippen LogP contribution is -2.44. The van der Waals surface area contributed by atoms with E-state index in [-0.39, 0.29) is 17.9 Å². The number of fused-ring (bicyclic) bond motifs is 1. The Bertz CT molecular complexity index is 661. The SMILES string of the molecule is COC(=O)COc1ccc(NC(=O)[C@@]23CCCC[C@H]2CNC3)c(C)c1. The van der Waals surface area contributed by atoms with Gasteiger partial charge in [0.1, 0.15) is 5.75 Å². The van der Waals surface area contributed by atoms with E-state index in [9.17, 15) is 9.59 Å². The summed E-state index contributed by atoms with van der Waals surface area (Å²) in [6.45, 7) is 3.50. The van der Waals surface area contributed by atoms with Crippen molar-refractivity contribution < 1.29 is 19.1 Å². The highest BCUT2D eigenvalue weighted by Crippen LogP contribution is 2.44.